The van der Waals surface area contributed by atoms with Gasteiger partial charge in [-0.05, 0) is 63.9 Å². The summed E-state index contributed by atoms with van der Waals surface area (Å²) in [5.74, 6) is -0.437. The number of unbranched alkanes of at least 4 members (excludes halogenated alkanes) is 17. The van der Waals surface area contributed by atoms with Crippen LogP contribution in [0.2, 0.25) is 0 Å². The molecule has 0 radical (unpaired) electrons. The molecule has 0 bridgehead atoms. The van der Waals surface area contributed by atoms with Gasteiger partial charge in [0.1, 0.15) is 19.8 Å². The maximum Gasteiger partial charge on any atom is 0.306 e. The van der Waals surface area contributed by atoms with E-state index in [4.69, 9.17) is 18.5 Å². The third-order valence-corrected chi connectivity index (χ3v) is 10.3. The molecule has 0 N–H and O–H groups in total. The van der Waals surface area contributed by atoms with Gasteiger partial charge in [-0.25, -0.2) is 0 Å². The fourth-order valence-electron chi connectivity index (χ4n) is 5.79. The standard InChI is InChI=1S/C48H86NO7P/c1-6-8-10-12-14-16-18-20-22-24-25-26-27-29-31-33-35-37-39-41-48(50)56-47(46-55-57(51,52)54-44-42-49(3,4)5)45-53-43-40-38-36-34-32-30-28-23-21-19-17-15-13-11-9-7-2/h14,16,20,22,25-26,29,31,35,37,40,43,47H,6-13,15,17-19,21,23-24,27-28,30,32-34,36,38-39,41-42,44-46H2,1-5H3/b16-14-,22-20-,26-25-,31-29-,37-35-,43-40-. The van der Waals surface area contributed by atoms with Crippen LogP contribution in [0.1, 0.15) is 174 Å². The summed E-state index contributed by atoms with van der Waals surface area (Å²) in [4.78, 5) is 25.0. The number of hydrogen-bond acceptors (Lipinski definition) is 7. The topological polar surface area (TPSA) is 94.1 Å². The lowest BCUT2D eigenvalue weighted by Gasteiger charge is -2.28. The molecule has 0 saturated carbocycles. The van der Waals surface area contributed by atoms with Crippen LogP contribution in [0.15, 0.2) is 73.1 Å². The van der Waals surface area contributed by atoms with Gasteiger partial charge < -0.3 is 27.9 Å². The first-order valence-electron chi connectivity index (χ1n) is 22.7. The lowest BCUT2D eigenvalue weighted by atomic mass is 10.0. The number of ether oxygens (including phenoxy) is 2. The van der Waals surface area contributed by atoms with Crippen molar-refractivity contribution in [1.29, 1.82) is 0 Å². The van der Waals surface area contributed by atoms with Gasteiger partial charge in [0, 0.05) is 6.42 Å². The SMILES string of the molecule is CCCCC/C=C\C/C=C\C/C=C\C/C=C\C/C=C\CCC(=O)OC(CO/C=C\CCCCCCCCCCCCCCCC)COP(=O)([O-])OCC[N+](C)(C)C. The molecule has 0 amide bonds. The number of allylic oxidation sites excluding steroid dienone is 11. The summed E-state index contributed by atoms with van der Waals surface area (Å²) in [6.07, 6.45) is 53.1. The van der Waals surface area contributed by atoms with Crippen molar-refractivity contribution in [1.82, 2.24) is 0 Å². The Hall–Kier alpha value is -2.22. The second-order valence-corrected chi connectivity index (χ2v) is 17.5. The molecular formula is C48H86NO7P. The molecule has 0 heterocycles. The molecule has 330 valence electrons. The molecule has 0 spiro atoms. The summed E-state index contributed by atoms with van der Waals surface area (Å²) in [5, 5.41) is 0. The molecule has 0 aromatic carbocycles. The Bertz CT molecular complexity index is 1140. The predicted molar refractivity (Wildman–Crippen MR) is 240 cm³/mol. The van der Waals surface area contributed by atoms with Gasteiger partial charge >= 0.3 is 5.97 Å². The Kier molecular flexibility index (Phi) is 39.0. The van der Waals surface area contributed by atoms with E-state index in [0.29, 0.717) is 17.4 Å². The monoisotopic (exact) mass is 820 g/mol. The Morgan fingerprint density at radius 3 is 1.49 bits per heavy atom. The predicted octanol–water partition coefficient (Wildman–Crippen LogP) is 13.2. The molecule has 57 heavy (non-hydrogen) atoms. The normalized spacial score (nSPS) is 14.4. The largest absolute Gasteiger partial charge is 0.756 e. The van der Waals surface area contributed by atoms with Crippen molar-refractivity contribution in [2.24, 2.45) is 0 Å². The van der Waals surface area contributed by atoms with Gasteiger partial charge in [0.15, 0.2) is 6.10 Å². The fourth-order valence-corrected chi connectivity index (χ4v) is 6.52. The van der Waals surface area contributed by atoms with Crippen LogP contribution in [0.3, 0.4) is 0 Å². The number of phosphoric acid groups is 1. The molecule has 8 nitrogen and oxygen atoms in total. The van der Waals surface area contributed by atoms with E-state index in [9.17, 15) is 14.3 Å². The highest BCUT2D eigenvalue weighted by Crippen LogP contribution is 2.38. The number of esters is 1. The number of phosphoric ester groups is 1. The lowest BCUT2D eigenvalue weighted by Crippen LogP contribution is -2.37. The molecular weight excluding hydrogens is 734 g/mol. The number of hydrogen-bond donors (Lipinski definition) is 0. The highest BCUT2D eigenvalue weighted by Gasteiger charge is 2.20. The average Bonchev–Trinajstić information content (AvgIpc) is 3.16. The molecule has 2 atom stereocenters. The number of carbonyl (C=O) groups is 1. The highest BCUT2D eigenvalue weighted by atomic mass is 31.2. The minimum atomic E-state index is -4.56. The average molecular weight is 820 g/mol. The van der Waals surface area contributed by atoms with Gasteiger partial charge in [-0.3, -0.25) is 9.36 Å². The third-order valence-electron chi connectivity index (χ3n) is 9.34. The Labute approximate surface area is 351 Å². The summed E-state index contributed by atoms with van der Waals surface area (Å²) >= 11 is 0. The third kappa shape index (κ3) is 44.7. The smallest absolute Gasteiger partial charge is 0.306 e. The van der Waals surface area contributed by atoms with Gasteiger partial charge in [-0.15, -0.1) is 0 Å². The van der Waals surface area contributed by atoms with Crippen molar-refractivity contribution in [3.63, 3.8) is 0 Å². The second-order valence-electron chi connectivity index (χ2n) is 16.1. The number of rotatable bonds is 41. The van der Waals surface area contributed by atoms with Crippen LogP contribution in [0, 0.1) is 0 Å². The van der Waals surface area contributed by atoms with Crippen LogP contribution in [-0.4, -0.2) is 64.1 Å². The van der Waals surface area contributed by atoms with Crippen LogP contribution in [0.4, 0.5) is 0 Å². The van der Waals surface area contributed by atoms with Crippen molar-refractivity contribution < 1.29 is 37.3 Å². The van der Waals surface area contributed by atoms with E-state index in [1.807, 2.05) is 39.4 Å². The van der Waals surface area contributed by atoms with Gasteiger partial charge in [0.2, 0.25) is 0 Å². The molecule has 9 heteroatoms. The van der Waals surface area contributed by atoms with E-state index >= 15 is 0 Å². The zero-order valence-corrected chi connectivity index (χ0v) is 38.2. The summed E-state index contributed by atoms with van der Waals surface area (Å²) in [6.45, 7) is 4.62. The van der Waals surface area contributed by atoms with Gasteiger partial charge in [0.25, 0.3) is 7.82 Å². The quantitative estimate of drug-likeness (QED) is 0.0151. The molecule has 0 rings (SSSR count). The Morgan fingerprint density at radius 2 is 0.982 bits per heavy atom. The lowest BCUT2D eigenvalue weighted by molar-refractivity contribution is -0.870. The molecule has 0 aliphatic rings. The number of quaternary nitrogens is 1. The van der Waals surface area contributed by atoms with Crippen LogP contribution in [-0.2, 0) is 27.9 Å². The van der Waals surface area contributed by atoms with Crippen molar-refractivity contribution in [3.05, 3.63) is 73.1 Å². The van der Waals surface area contributed by atoms with Crippen LogP contribution in [0.25, 0.3) is 0 Å². The minimum absolute atomic E-state index is 0.000613. The van der Waals surface area contributed by atoms with E-state index < -0.39 is 19.9 Å². The van der Waals surface area contributed by atoms with E-state index in [2.05, 4.69) is 62.5 Å². The van der Waals surface area contributed by atoms with E-state index in [1.54, 1.807) is 6.26 Å². The second kappa shape index (κ2) is 40.6. The van der Waals surface area contributed by atoms with Gasteiger partial charge in [0.05, 0.1) is 34.0 Å². The molecule has 0 aliphatic carbocycles. The molecule has 0 aliphatic heterocycles. The maximum absolute atomic E-state index is 12.6. The van der Waals surface area contributed by atoms with E-state index in [0.717, 1.165) is 38.5 Å². The first kappa shape index (κ1) is 54.8. The Balaban J connectivity index is 4.41. The molecule has 2 unspecified atom stereocenters. The minimum Gasteiger partial charge on any atom is -0.756 e. The number of nitrogens with zero attached hydrogens (tertiary/aromatic N) is 1. The summed E-state index contributed by atoms with van der Waals surface area (Å²) in [6, 6.07) is 0. The van der Waals surface area contributed by atoms with Gasteiger partial charge in [-0.1, -0.05) is 171 Å². The summed E-state index contributed by atoms with van der Waals surface area (Å²) in [5.41, 5.74) is 0. The summed E-state index contributed by atoms with van der Waals surface area (Å²) in [7, 11) is 1.27. The number of carbonyl (C=O) groups excluding carboxylic acids is 1. The summed E-state index contributed by atoms with van der Waals surface area (Å²) < 4.78 is 34.3. The van der Waals surface area contributed by atoms with Crippen LogP contribution in [0.5, 0.6) is 0 Å². The maximum atomic E-state index is 12.6. The zero-order chi connectivity index (χ0) is 42.0. The first-order chi connectivity index (χ1) is 27.6. The van der Waals surface area contributed by atoms with E-state index in [-0.39, 0.29) is 26.2 Å². The zero-order valence-electron chi connectivity index (χ0n) is 37.3. The van der Waals surface area contributed by atoms with Crippen molar-refractivity contribution >= 4 is 13.8 Å². The Morgan fingerprint density at radius 1 is 0.561 bits per heavy atom. The van der Waals surface area contributed by atoms with Crippen LogP contribution >= 0.6 is 7.82 Å². The van der Waals surface area contributed by atoms with Crippen molar-refractivity contribution in [3.8, 4) is 0 Å². The first-order valence-corrected chi connectivity index (χ1v) is 24.2. The van der Waals surface area contributed by atoms with Crippen LogP contribution < -0.4 is 4.89 Å². The molecule has 0 fully saturated rings. The molecule has 0 saturated heterocycles. The van der Waals surface area contributed by atoms with E-state index in [1.165, 1.54) is 109 Å². The molecule has 0 aromatic heterocycles. The van der Waals surface area contributed by atoms with Crippen molar-refractivity contribution in [2.45, 2.75) is 180 Å². The number of likely N-dealkylation sites (N-methyl/N-ethyl adjacent to an activating group) is 1. The fraction of sp³-hybridized carbons (Fsp3) is 0.729. The highest BCUT2D eigenvalue weighted by molar-refractivity contribution is 7.45. The molecule has 0 aromatic rings. The van der Waals surface area contributed by atoms with Crippen molar-refractivity contribution in [2.75, 3.05) is 47.5 Å². The van der Waals surface area contributed by atoms with Gasteiger partial charge in [-0.2, -0.15) is 0 Å².